The Labute approximate surface area is 194 Å². The molecule has 4 bridgehead atoms. The van der Waals surface area contributed by atoms with Crippen LogP contribution in [-0.4, -0.2) is 56.2 Å². The van der Waals surface area contributed by atoms with Crippen molar-refractivity contribution in [3.63, 3.8) is 0 Å². The van der Waals surface area contributed by atoms with Crippen LogP contribution < -0.4 is 29.6 Å². The van der Waals surface area contributed by atoms with Crippen molar-refractivity contribution in [2.45, 2.75) is 61.7 Å². The molecule has 4 aliphatic rings. The molecule has 4 fully saturated rings. The summed E-state index contributed by atoms with van der Waals surface area (Å²) in [6, 6.07) is 0. The molecule has 0 aromatic carbocycles. The van der Waals surface area contributed by atoms with Gasteiger partial charge >= 0.3 is 46.7 Å². The minimum Gasteiger partial charge on any atom is -0.743 e. The molecule has 0 spiro atoms. The second kappa shape index (κ2) is 8.75. The van der Waals surface area contributed by atoms with E-state index in [1.807, 2.05) is 0 Å². The van der Waals surface area contributed by atoms with E-state index in [1.54, 1.807) is 0 Å². The van der Waals surface area contributed by atoms with Gasteiger partial charge in [-0.2, -0.15) is 17.6 Å². The molecule has 0 aromatic rings. The largest absolute Gasteiger partial charge is 1.00 e. The number of methoxy groups -OCH3 is 1. The summed E-state index contributed by atoms with van der Waals surface area (Å²) >= 11 is 0. The molecule has 4 saturated carbocycles. The number of alkyl halides is 4. The quantitative estimate of drug-likeness (QED) is 0.149. The van der Waals surface area contributed by atoms with Crippen molar-refractivity contribution in [2.24, 2.45) is 17.3 Å². The molecule has 7 nitrogen and oxygen atoms in total. The Hall–Kier alpha value is 0.0200. The van der Waals surface area contributed by atoms with Gasteiger partial charge in [0.1, 0.15) is 6.79 Å². The minimum absolute atomic E-state index is 0. The Balaban J connectivity index is 0.00000320. The van der Waals surface area contributed by atoms with E-state index in [2.05, 4.69) is 0 Å². The van der Waals surface area contributed by atoms with E-state index in [0.717, 1.165) is 19.3 Å². The number of hydrogen-bond acceptors (Lipinski definition) is 7. The maximum absolute atomic E-state index is 13.6. The second-order valence-electron chi connectivity index (χ2n) is 8.54. The molecular formula is C17H23F4NaO7S. The van der Waals surface area contributed by atoms with E-state index in [0.29, 0.717) is 19.3 Å². The van der Waals surface area contributed by atoms with Crippen LogP contribution in [0.1, 0.15) is 44.9 Å². The molecule has 30 heavy (non-hydrogen) atoms. The average Bonchev–Trinajstić information content (AvgIpc) is 2.57. The molecule has 0 radical (unpaired) electrons. The predicted molar refractivity (Wildman–Crippen MR) is 88.0 cm³/mol. The maximum atomic E-state index is 13.6. The Morgan fingerprint density at radius 2 is 1.70 bits per heavy atom. The molecule has 0 saturated heterocycles. The number of esters is 1. The zero-order valence-corrected chi connectivity index (χ0v) is 19.6. The van der Waals surface area contributed by atoms with Gasteiger partial charge in [-0.25, -0.2) is 8.42 Å². The third-order valence-corrected chi connectivity index (χ3v) is 7.24. The van der Waals surface area contributed by atoms with Crippen LogP contribution in [0.4, 0.5) is 17.6 Å². The zero-order valence-electron chi connectivity index (χ0n) is 16.8. The maximum Gasteiger partial charge on any atom is 1.00 e. The molecule has 0 aromatic heterocycles. The molecule has 0 N–H and O–H groups in total. The molecule has 13 heteroatoms. The molecule has 4 aliphatic carbocycles. The summed E-state index contributed by atoms with van der Waals surface area (Å²) in [6.07, 6.45) is 2.00. The Morgan fingerprint density at radius 3 is 2.20 bits per heavy atom. The summed E-state index contributed by atoms with van der Waals surface area (Å²) in [5.41, 5.74) is -1.51. The third-order valence-electron chi connectivity index (χ3n) is 6.31. The normalized spacial score (nSPS) is 33.3. The first-order chi connectivity index (χ1) is 13.3. The molecule has 0 aliphatic heterocycles. The van der Waals surface area contributed by atoms with Crippen molar-refractivity contribution in [3.05, 3.63) is 0 Å². The van der Waals surface area contributed by atoms with Crippen molar-refractivity contribution in [3.8, 4) is 0 Å². The fraction of sp³-hybridized carbons (Fsp3) is 0.941. The van der Waals surface area contributed by atoms with Crippen LogP contribution in [0, 0.1) is 17.3 Å². The van der Waals surface area contributed by atoms with Gasteiger partial charge in [0.2, 0.25) is 0 Å². The van der Waals surface area contributed by atoms with Crippen LogP contribution in [0.15, 0.2) is 0 Å². The summed E-state index contributed by atoms with van der Waals surface area (Å²) < 4.78 is 101. The summed E-state index contributed by atoms with van der Waals surface area (Å²) in [7, 11) is -5.09. The first kappa shape index (κ1) is 26.3. The minimum atomic E-state index is -6.57. The van der Waals surface area contributed by atoms with Crippen LogP contribution >= 0.6 is 0 Å². The summed E-state index contributed by atoms with van der Waals surface area (Å²) in [5.74, 6) is -5.52. The molecule has 2 unspecified atom stereocenters. The van der Waals surface area contributed by atoms with Crippen molar-refractivity contribution in [1.29, 1.82) is 0 Å². The van der Waals surface area contributed by atoms with Gasteiger partial charge in [0.05, 0.1) is 24.0 Å². The van der Waals surface area contributed by atoms with Gasteiger partial charge in [-0.05, 0) is 50.4 Å². The van der Waals surface area contributed by atoms with Crippen LogP contribution in [0.25, 0.3) is 0 Å². The van der Waals surface area contributed by atoms with E-state index in [1.165, 1.54) is 7.11 Å². The number of rotatable bonds is 9. The molecule has 2 atom stereocenters. The summed E-state index contributed by atoms with van der Waals surface area (Å²) in [5, 5.41) is -5.79. The monoisotopic (exact) mass is 470 g/mol. The van der Waals surface area contributed by atoms with E-state index in [9.17, 15) is 35.3 Å². The molecule has 168 valence electrons. The second-order valence-corrected chi connectivity index (χ2v) is 9.96. The number of carbonyl (C=O) groups excluding carboxylic acids is 1. The van der Waals surface area contributed by atoms with Gasteiger partial charge in [0, 0.05) is 7.11 Å². The van der Waals surface area contributed by atoms with Crippen molar-refractivity contribution >= 4 is 16.1 Å². The van der Waals surface area contributed by atoms with Crippen molar-refractivity contribution < 1.29 is 79.1 Å². The molecule has 0 amide bonds. The molecule has 0 heterocycles. The number of ether oxygens (including phenoxy) is 3. The van der Waals surface area contributed by atoms with Gasteiger partial charge in [0.25, 0.3) is 0 Å². The first-order valence-electron chi connectivity index (χ1n) is 9.27. The zero-order chi connectivity index (χ0) is 21.7. The smallest absolute Gasteiger partial charge is 0.743 e. The molecular weight excluding hydrogens is 447 g/mol. The fourth-order valence-corrected chi connectivity index (χ4v) is 5.99. The van der Waals surface area contributed by atoms with Gasteiger partial charge in [-0.3, -0.25) is 4.79 Å². The van der Waals surface area contributed by atoms with E-state index >= 15 is 0 Å². The van der Waals surface area contributed by atoms with Crippen LogP contribution in [0.3, 0.4) is 0 Å². The Bertz CT molecular complexity index is 747. The number of hydrogen-bond donors (Lipinski definition) is 0. The van der Waals surface area contributed by atoms with Crippen molar-refractivity contribution in [2.75, 3.05) is 20.5 Å². The average molecular weight is 470 g/mol. The first-order valence-corrected chi connectivity index (χ1v) is 10.7. The summed E-state index contributed by atoms with van der Waals surface area (Å²) in [6.45, 7) is -1.07. The van der Waals surface area contributed by atoms with Crippen molar-refractivity contribution in [1.82, 2.24) is 0 Å². The topological polar surface area (TPSA) is 102 Å². The van der Waals surface area contributed by atoms with E-state index in [4.69, 9.17) is 14.2 Å². The van der Waals surface area contributed by atoms with Gasteiger partial charge in [-0.15, -0.1) is 0 Å². The standard InChI is InChI=1S/C17H24F4O7S.Na/c1-26-10-28-15-7-11-4-12(8-15)6-14(5-11,9-15)13(22)27-3-2-16(18,19)17(20,21)29(23,24)25;/h11-12H,2-10H2,1H3,(H,23,24,25);/q;+1/p-1. The van der Waals surface area contributed by atoms with E-state index in [-0.39, 0.29) is 48.2 Å². The van der Waals surface area contributed by atoms with Gasteiger partial charge in [-0.1, -0.05) is 0 Å². The fourth-order valence-electron chi connectivity index (χ4n) is 5.52. The Morgan fingerprint density at radius 1 is 1.13 bits per heavy atom. The summed E-state index contributed by atoms with van der Waals surface area (Å²) in [4.78, 5) is 12.7. The predicted octanol–water partition coefficient (Wildman–Crippen LogP) is -0.343. The van der Waals surface area contributed by atoms with Gasteiger partial charge < -0.3 is 18.8 Å². The number of halogens is 4. The SMILES string of the molecule is COCOC12CC3CC(C1)CC(C(=O)OCCC(F)(F)C(F)(F)S(=O)(=O)[O-])(C3)C2.[Na+]. The number of carbonyl (C=O) groups is 1. The Kier molecular flexibility index (Phi) is 7.67. The third kappa shape index (κ3) is 4.69. The van der Waals surface area contributed by atoms with Gasteiger partial charge in [0.15, 0.2) is 10.1 Å². The molecule has 4 rings (SSSR count). The van der Waals surface area contributed by atoms with Crippen LogP contribution in [-0.2, 0) is 29.1 Å². The van der Waals surface area contributed by atoms with E-state index < -0.39 is 51.3 Å². The van der Waals surface area contributed by atoms with Crippen LogP contribution in [0.5, 0.6) is 0 Å². The van der Waals surface area contributed by atoms with Crippen LogP contribution in [0.2, 0.25) is 0 Å².